The van der Waals surface area contributed by atoms with Crippen molar-refractivity contribution in [2.24, 2.45) is 0 Å². The number of aryl methyl sites for hydroxylation is 2. The summed E-state index contributed by atoms with van der Waals surface area (Å²) in [6.07, 6.45) is 0. The summed E-state index contributed by atoms with van der Waals surface area (Å²) in [5.41, 5.74) is 2.37. The van der Waals surface area contributed by atoms with Crippen LogP contribution in [0.1, 0.15) is 27.5 Å². The first-order valence-corrected chi connectivity index (χ1v) is 7.07. The molecule has 0 spiro atoms. The van der Waals surface area contributed by atoms with Crippen LogP contribution in [0.3, 0.4) is 0 Å². The summed E-state index contributed by atoms with van der Waals surface area (Å²) in [6.45, 7) is 3.60. The van der Waals surface area contributed by atoms with Gasteiger partial charge in [0.05, 0.1) is 16.8 Å². The molecule has 0 atom stereocenters. The lowest BCUT2D eigenvalue weighted by molar-refractivity contribution is 0.0463. The van der Waals surface area contributed by atoms with Crippen LogP contribution in [0.2, 0.25) is 5.02 Å². The molecule has 6 heteroatoms. The van der Waals surface area contributed by atoms with Gasteiger partial charge in [0, 0.05) is 16.5 Å². The van der Waals surface area contributed by atoms with Gasteiger partial charge in [-0.3, -0.25) is 4.98 Å². The van der Waals surface area contributed by atoms with Gasteiger partial charge in [-0.2, -0.15) is 0 Å². The Morgan fingerprint density at radius 3 is 2.82 bits per heavy atom. The van der Waals surface area contributed by atoms with Crippen molar-refractivity contribution in [1.29, 1.82) is 0 Å². The van der Waals surface area contributed by atoms with E-state index in [-0.39, 0.29) is 6.61 Å². The number of halogens is 1. The molecule has 3 rings (SSSR count). The summed E-state index contributed by atoms with van der Waals surface area (Å²) < 4.78 is 10.2. The molecular weight excluding hydrogens is 304 g/mol. The highest BCUT2D eigenvalue weighted by atomic mass is 35.5. The number of rotatable bonds is 3. The second-order valence-corrected chi connectivity index (χ2v) is 5.40. The fourth-order valence-corrected chi connectivity index (χ4v) is 2.33. The van der Waals surface area contributed by atoms with Crippen LogP contribution in [0.4, 0.5) is 0 Å². The first-order chi connectivity index (χ1) is 10.5. The van der Waals surface area contributed by atoms with Gasteiger partial charge in [0.25, 0.3) is 0 Å². The molecule has 0 N–H and O–H groups in total. The van der Waals surface area contributed by atoms with Crippen molar-refractivity contribution in [3.8, 4) is 0 Å². The second kappa shape index (κ2) is 5.77. The largest absolute Gasteiger partial charge is 0.455 e. The van der Waals surface area contributed by atoms with Crippen LogP contribution in [0.25, 0.3) is 10.9 Å². The van der Waals surface area contributed by atoms with Gasteiger partial charge >= 0.3 is 5.97 Å². The van der Waals surface area contributed by atoms with Gasteiger partial charge in [0.1, 0.15) is 18.1 Å². The molecule has 2 heterocycles. The smallest absolute Gasteiger partial charge is 0.340 e. The average Bonchev–Trinajstić information content (AvgIpc) is 2.90. The molecule has 1 aromatic carbocycles. The van der Waals surface area contributed by atoms with E-state index in [0.29, 0.717) is 27.7 Å². The number of fused-ring (bicyclic) bond motifs is 1. The van der Waals surface area contributed by atoms with Crippen molar-refractivity contribution in [2.75, 3.05) is 0 Å². The number of aromatic nitrogens is 2. The first-order valence-electron chi connectivity index (χ1n) is 6.69. The van der Waals surface area contributed by atoms with E-state index < -0.39 is 5.97 Å². The lowest BCUT2D eigenvalue weighted by atomic mass is 10.1. The molecule has 0 saturated heterocycles. The van der Waals surface area contributed by atoms with Crippen LogP contribution in [0.15, 0.2) is 34.9 Å². The summed E-state index contributed by atoms with van der Waals surface area (Å²) in [6, 6.07) is 8.80. The highest BCUT2D eigenvalue weighted by Gasteiger charge is 2.14. The van der Waals surface area contributed by atoms with Crippen molar-refractivity contribution in [3.05, 3.63) is 58.1 Å². The summed E-state index contributed by atoms with van der Waals surface area (Å²) in [7, 11) is 0. The van der Waals surface area contributed by atoms with E-state index in [2.05, 4.69) is 10.1 Å². The Morgan fingerprint density at radius 1 is 1.27 bits per heavy atom. The van der Waals surface area contributed by atoms with Crippen molar-refractivity contribution in [3.63, 3.8) is 0 Å². The molecule has 0 aliphatic heterocycles. The molecule has 5 nitrogen and oxygen atoms in total. The molecule has 0 unspecified atom stereocenters. The number of hydrogen-bond donors (Lipinski definition) is 0. The van der Waals surface area contributed by atoms with Crippen LogP contribution in [0, 0.1) is 13.8 Å². The van der Waals surface area contributed by atoms with E-state index in [1.165, 1.54) is 0 Å². The number of benzene rings is 1. The number of esters is 1. The molecule has 22 heavy (non-hydrogen) atoms. The van der Waals surface area contributed by atoms with Crippen molar-refractivity contribution in [2.45, 2.75) is 20.5 Å². The molecule has 0 aliphatic rings. The van der Waals surface area contributed by atoms with Crippen LogP contribution in [0.5, 0.6) is 0 Å². The summed E-state index contributed by atoms with van der Waals surface area (Å²) in [5.74, 6) is 0.219. The Bertz CT molecular complexity index is 858. The fraction of sp³-hybridized carbons (Fsp3) is 0.188. The molecule has 0 aliphatic carbocycles. The molecule has 0 amide bonds. The first kappa shape index (κ1) is 14.5. The third-order valence-electron chi connectivity index (χ3n) is 3.22. The Labute approximate surface area is 131 Å². The summed E-state index contributed by atoms with van der Waals surface area (Å²) in [5, 5.41) is 5.17. The van der Waals surface area contributed by atoms with Crippen LogP contribution >= 0.6 is 11.6 Å². The molecule has 3 aromatic rings. The maximum Gasteiger partial charge on any atom is 0.340 e. The number of ether oxygens (including phenoxy) is 1. The number of carbonyl (C=O) groups excluding carboxylic acids is 1. The van der Waals surface area contributed by atoms with E-state index in [0.717, 1.165) is 10.9 Å². The lowest BCUT2D eigenvalue weighted by Gasteiger charge is -2.07. The van der Waals surface area contributed by atoms with Gasteiger partial charge in [0.2, 0.25) is 0 Å². The minimum Gasteiger partial charge on any atom is -0.455 e. The molecular formula is C16H13ClN2O3. The van der Waals surface area contributed by atoms with E-state index in [1.807, 2.05) is 6.07 Å². The maximum absolute atomic E-state index is 12.2. The van der Waals surface area contributed by atoms with E-state index in [4.69, 9.17) is 20.9 Å². The predicted octanol–water partition coefficient (Wildman–Crippen LogP) is 3.85. The lowest BCUT2D eigenvalue weighted by Crippen LogP contribution is -2.08. The minimum atomic E-state index is -0.451. The van der Waals surface area contributed by atoms with Gasteiger partial charge in [-0.25, -0.2) is 4.79 Å². The standard InChI is InChI=1S/C16H13ClN2O3/c1-9-5-13(19-22-9)8-21-16(20)14-7-11-6-12(17)3-4-15(11)18-10(14)2/h3-7H,8H2,1-2H3. The molecule has 0 saturated carbocycles. The van der Waals surface area contributed by atoms with Crippen molar-refractivity contribution in [1.82, 2.24) is 10.1 Å². The fourth-order valence-electron chi connectivity index (χ4n) is 2.15. The highest BCUT2D eigenvalue weighted by molar-refractivity contribution is 6.31. The number of pyridine rings is 1. The zero-order chi connectivity index (χ0) is 15.7. The van der Waals surface area contributed by atoms with E-state index in [1.54, 1.807) is 38.1 Å². The number of hydrogen-bond acceptors (Lipinski definition) is 5. The Morgan fingerprint density at radius 2 is 2.09 bits per heavy atom. The Balaban J connectivity index is 1.85. The molecule has 0 fully saturated rings. The topological polar surface area (TPSA) is 65.2 Å². The highest BCUT2D eigenvalue weighted by Crippen LogP contribution is 2.21. The Kier molecular flexibility index (Phi) is 3.81. The zero-order valence-corrected chi connectivity index (χ0v) is 12.8. The van der Waals surface area contributed by atoms with Gasteiger partial charge < -0.3 is 9.26 Å². The van der Waals surface area contributed by atoms with Crippen molar-refractivity contribution >= 4 is 28.5 Å². The number of nitrogens with zero attached hydrogens (tertiary/aromatic N) is 2. The molecule has 2 aromatic heterocycles. The molecule has 112 valence electrons. The van der Waals surface area contributed by atoms with Crippen LogP contribution in [-0.4, -0.2) is 16.1 Å². The van der Waals surface area contributed by atoms with Crippen molar-refractivity contribution < 1.29 is 14.1 Å². The quantitative estimate of drug-likeness (QED) is 0.687. The maximum atomic E-state index is 12.2. The monoisotopic (exact) mass is 316 g/mol. The third-order valence-corrected chi connectivity index (χ3v) is 3.45. The minimum absolute atomic E-state index is 0.0587. The number of carbonyl (C=O) groups is 1. The van der Waals surface area contributed by atoms with Crippen LogP contribution in [-0.2, 0) is 11.3 Å². The van der Waals surface area contributed by atoms with E-state index >= 15 is 0 Å². The van der Waals surface area contributed by atoms with Crippen LogP contribution < -0.4 is 0 Å². The third kappa shape index (κ3) is 2.94. The van der Waals surface area contributed by atoms with Gasteiger partial charge in [-0.1, -0.05) is 16.8 Å². The van der Waals surface area contributed by atoms with Gasteiger partial charge in [-0.05, 0) is 38.1 Å². The Hall–Kier alpha value is -2.40. The zero-order valence-electron chi connectivity index (χ0n) is 12.1. The average molecular weight is 317 g/mol. The van der Waals surface area contributed by atoms with E-state index in [9.17, 15) is 4.79 Å². The normalized spacial score (nSPS) is 10.9. The SMILES string of the molecule is Cc1cc(COC(=O)c2cc3cc(Cl)ccc3nc2C)no1. The van der Waals surface area contributed by atoms with Gasteiger partial charge in [-0.15, -0.1) is 0 Å². The summed E-state index contributed by atoms with van der Waals surface area (Å²) >= 11 is 5.97. The summed E-state index contributed by atoms with van der Waals surface area (Å²) in [4.78, 5) is 16.6. The predicted molar refractivity (Wildman–Crippen MR) is 81.8 cm³/mol. The second-order valence-electron chi connectivity index (χ2n) is 4.96. The molecule has 0 radical (unpaired) electrons. The van der Waals surface area contributed by atoms with Gasteiger partial charge in [0.15, 0.2) is 0 Å². The molecule has 0 bridgehead atoms.